The SMILES string of the molecule is CC(=O)N1CCC(CNC(=O)NCc2csc(-c3ccco3)n2)CC1. The van der Waals surface area contributed by atoms with Crippen LogP contribution >= 0.6 is 11.3 Å². The Morgan fingerprint density at radius 2 is 2.16 bits per heavy atom. The predicted molar refractivity (Wildman–Crippen MR) is 95.0 cm³/mol. The van der Waals surface area contributed by atoms with Crippen LogP contribution in [-0.4, -0.2) is 41.5 Å². The Bertz CT molecular complexity index is 705. The number of hydrogen-bond acceptors (Lipinski definition) is 5. The maximum absolute atomic E-state index is 11.9. The summed E-state index contributed by atoms with van der Waals surface area (Å²) in [5.74, 6) is 1.28. The number of carbonyl (C=O) groups excluding carboxylic acids is 2. The second kappa shape index (κ2) is 8.15. The molecule has 0 aliphatic carbocycles. The molecule has 0 spiro atoms. The standard InChI is InChI=1S/C17H22N4O3S/c1-12(22)21-6-4-13(5-7-21)9-18-17(23)19-10-14-11-25-16(20-14)15-3-2-8-24-15/h2-3,8,11,13H,4-7,9-10H2,1H3,(H2,18,19,23). The lowest BCUT2D eigenvalue weighted by Crippen LogP contribution is -2.42. The molecule has 0 bridgehead atoms. The van der Waals surface area contributed by atoms with E-state index in [1.54, 1.807) is 13.2 Å². The van der Waals surface area contributed by atoms with E-state index in [1.165, 1.54) is 11.3 Å². The van der Waals surface area contributed by atoms with Crippen LogP contribution in [0.5, 0.6) is 0 Å². The maximum Gasteiger partial charge on any atom is 0.315 e. The van der Waals surface area contributed by atoms with Gasteiger partial charge in [-0.3, -0.25) is 4.79 Å². The second-order valence-electron chi connectivity index (χ2n) is 6.13. The third kappa shape index (κ3) is 4.82. The minimum absolute atomic E-state index is 0.126. The van der Waals surface area contributed by atoms with Crippen molar-refractivity contribution in [2.75, 3.05) is 19.6 Å². The molecule has 3 heterocycles. The summed E-state index contributed by atoms with van der Waals surface area (Å²) >= 11 is 1.49. The van der Waals surface area contributed by atoms with Gasteiger partial charge in [0.05, 0.1) is 18.5 Å². The zero-order valence-electron chi connectivity index (χ0n) is 14.2. The van der Waals surface area contributed by atoms with Crippen LogP contribution in [0.2, 0.25) is 0 Å². The first-order valence-electron chi connectivity index (χ1n) is 8.37. The van der Waals surface area contributed by atoms with E-state index in [9.17, 15) is 9.59 Å². The molecule has 1 aliphatic heterocycles. The summed E-state index contributed by atoms with van der Waals surface area (Å²) in [4.78, 5) is 29.5. The Hall–Kier alpha value is -2.35. The van der Waals surface area contributed by atoms with Crippen LogP contribution in [0.15, 0.2) is 28.2 Å². The molecule has 134 valence electrons. The Kier molecular flexibility index (Phi) is 5.70. The topological polar surface area (TPSA) is 87.5 Å². The summed E-state index contributed by atoms with van der Waals surface area (Å²) in [6, 6.07) is 3.49. The van der Waals surface area contributed by atoms with E-state index < -0.39 is 0 Å². The predicted octanol–water partition coefficient (Wildman–Crippen LogP) is 2.46. The summed E-state index contributed by atoms with van der Waals surface area (Å²) < 4.78 is 5.31. The molecule has 7 nitrogen and oxygen atoms in total. The molecule has 25 heavy (non-hydrogen) atoms. The van der Waals surface area contributed by atoms with Gasteiger partial charge >= 0.3 is 6.03 Å². The average molecular weight is 362 g/mol. The number of rotatable bonds is 5. The third-order valence-electron chi connectivity index (χ3n) is 4.32. The molecule has 0 aromatic carbocycles. The van der Waals surface area contributed by atoms with Gasteiger partial charge in [0, 0.05) is 31.9 Å². The van der Waals surface area contributed by atoms with Crippen LogP contribution in [0.4, 0.5) is 4.79 Å². The summed E-state index contributed by atoms with van der Waals surface area (Å²) in [6.45, 7) is 4.16. The highest BCUT2D eigenvalue weighted by atomic mass is 32.1. The number of nitrogens with one attached hydrogen (secondary N) is 2. The lowest BCUT2D eigenvalue weighted by molar-refractivity contribution is -0.130. The van der Waals surface area contributed by atoms with Crippen molar-refractivity contribution in [3.63, 3.8) is 0 Å². The van der Waals surface area contributed by atoms with Crippen molar-refractivity contribution in [2.45, 2.75) is 26.3 Å². The number of furan rings is 1. The Labute approximate surface area is 150 Å². The van der Waals surface area contributed by atoms with E-state index in [1.807, 2.05) is 22.4 Å². The lowest BCUT2D eigenvalue weighted by Gasteiger charge is -2.31. The Morgan fingerprint density at radius 1 is 1.36 bits per heavy atom. The van der Waals surface area contributed by atoms with Gasteiger partial charge in [-0.05, 0) is 30.9 Å². The van der Waals surface area contributed by atoms with Gasteiger partial charge in [0.1, 0.15) is 0 Å². The maximum atomic E-state index is 11.9. The fourth-order valence-electron chi connectivity index (χ4n) is 2.82. The van der Waals surface area contributed by atoms with Crippen molar-refractivity contribution in [2.24, 2.45) is 5.92 Å². The molecular formula is C17H22N4O3S. The molecular weight excluding hydrogens is 340 g/mol. The van der Waals surface area contributed by atoms with Crippen molar-refractivity contribution in [3.05, 3.63) is 29.5 Å². The molecule has 1 aliphatic rings. The van der Waals surface area contributed by atoms with Crippen molar-refractivity contribution >= 4 is 23.3 Å². The van der Waals surface area contributed by atoms with Crippen LogP contribution in [0, 0.1) is 5.92 Å². The zero-order chi connectivity index (χ0) is 17.6. The van der Waals surface area contributed by atoms with Crippen LogP contribution in [-0.2, 0) is 11.3 Å². The molecule has 3 rings (SSSR count). The zero-order valence-corrected chi connectivity index (χ0v) is 15.0. The van der Waals surface area contributed by atoms with E-state index in [4.69, 9.17) is 4.42 Å². The van der Waals surface area contributed by atoms with Crippen LogP contribution in [0.1, 0.15) is 25.5 Å². The molecule has 1 saturated heterocycles. The molecule has 0 atom stereocenters. The number of amides is 3. The van der Waals surface area contributed by atoms with Gasteiger partial charge in [0.25, 0.3) is 0 Å². The summed E-state index contributed by atoms with van der Waals surface area (Å²) in [5, 5.41) is 8.45. The first-order chi connectivity index (χ1) is 12.1. The number of carbonyl (C=O) groups is 2. The van der Waals surface area contributed by atoms with Crippen molar-refractivity contribution in [1.82, 2.24) is 20.5 Å². The summed E-state index contributed by atoms with van der Waals surface area (Å²) in [6.07, 6.45) is 3.47. The fraction of sp³-hybridized carbons (Fsp3) is 0.471. The van der Waals surface area contributed by atoms with Crippen molar-refractivity contribution in [3.8, 4) is 10.8 Å². The number of urea groups is 1. The largest absolute Gasteiger partial charge is 0.462 e. The fourth-order valence-corrected chi connectivity index (χ4v) is 3.61. The van der Waals surface area contributed by atoms with Crippen LogP contribution in [0.25, 0.3) is 10.8 Å². The number of hydrogen-bond donors (Lipinski definition) is 2. The van der Waals surface area contributed by atoms with Gasteiger partial charge in [-0.25, -0.2) is 9.78 Å². The normalized spacial score (nSPS) is 15.2. The molecule has 2 N–H and O–H groups in total. The lowest BCUT2D eigenvalue weighted by atomic mass is 9.97. The van der Waals surface area contributed by atoms with Gasteiger partial charge < -0.3 is 20.0 Å². The van der Waals surface area contributed by atoms with E-state index in [0.717, 1.165) is 42.4 Å². The minimum Gasteiger partial charge on any atom is -0.462 e. The summed E-state index contributed by atoms with van der Waals surface area (Å²) in [5.41, 5.74) is 0.807. The van der Waals surface area contributed by atoms with Gasteiger partial charge in [0.2, 0.25) is 5.91 Å². The molecule has 0 unspecified atom stereocenters. The average Bonchev–Trinajstić information content (AvgIpc) is 3.29. The molecule has 0 radical (unpaired) electrons. The molecule has 3 amide bonds. The minimum atomic E-state index is -0.193. The molecule has 0 saturated carbocycles. The van der Waals surface area contributed by atoms with E-state index in [0.29, 0.717) is 19.0 Å². The first kappa shape index (κ1) is 17.5. The van der Waals surface area contributed by atoms with Gasteiger partial charge in [0.15, 0.2) is 10.8 Å². The Balaban J connectivity index is 1.37. The van der Waals surface area contributed by atoms with E-state index in [-0.39, 0.29) is 11.9 Å². The second-order valence-corrected chi connectivity index (χ2v) is 6.99. The quantitative estimate of drug-likeness (QED) is 0.855. The molecule has 2 aromatic heterocycles. The molecule has 8 heteroatoms. The van der Waals surface area contributed by atoms with E-state index >= 15 is 0 Å². The third-order valence-corrected chi connectivity index (χ3v) is 5.23. The van der Waals surface area contributed by atoms with Gasteiger partial charge in [-0.1, -0.05) is 0 Å². The smallest absolute Gasteiger partial charge is 0.315 e. The number of nitrogens with zero attached hydrogens (tertiary/aromatic N) is 2. The molecule has 1 fully saturated rings. The Morgan fingerprint density at radius 3 is 2.84 bits per heavy atom. The van der Waals surface area contributed by atoms with Crippen molar-refractivity contribution < 1.29 is 14.0 Å². The first-order valence-corrected chi connectivity index (χ1v) is 9.25. The van der Waals surface area contributed by atoms with E-state index in [2.05, 4.69) is 15.6 Å². The highest BCUT2D eigenvalue weighted by Gasteiger charge is 2.20. The highest BCUT2D eigenvalue weighted by molar-refractivity contribution is 7.13. The van der Waals surface area contributed by atoms with Crippen LogP contribution in [0.3, 0.4) is 0 Å². The number of piperidine rings is 1. The number of likely N-dealkylation sites (tertiary alicyclic amines) is 1. The number of aromatic nitrogens is 1. The number of thiazole rings is 1. The van der Waals surface area contributed by atoms with Gasteiger partial charge in [-0.2, -0.15) is 0 Å². The molecule has 2 aromatic rings. The van der Waals surface area contributed by atoms with Crippen LogP contribution < -0.4 is 10.6 Å². The van der Waals surface area contributed by atoms with Crippen molar-refractivity contribution in [1.29, 1.82) is 0 Å². The highest BCUT2D eigenvalue weighted by Crippen LogP contribution is 2.23. The summed E-state index contributed by atoms with van der Waals surface area (Å²) in [7, 11) is 0. The monoisotopic (exact) mass is 362 g/mol. The van der Waals surface area contributed by atoms with Gasteiger partial charge in [-0.15, -0.1) is 11.3 Å².